The number of nitrogens with one attached hydrogen (secondary N) is 2. The molecule has 1 saturated heterocycles. The Bertz CT molecular complexity index is 4750. The number of fused-ring (bicyclic) bond motifs is 2. The minimum absolute atomic E-state index is 0.0218. The molecule has 2 aromatic heterocycles. The van der Waals surface area contributed by atoms with Crippen molar-refractivity contribution in [1.29, 1.82) is 0 Å². The van der Waals surface area contributed by atoms with Crippen molar-refractivity contribution in [3.05, 3.63) is 181 Å². The number of aliphatic hydroxyl groups excluding tert-OH is 2. The van der Waals surface area contributed by atoms with Gasteiger partial charge in [0.1, 0.15) is 46.7 Å². The van der Waals surface area contributed by atoms with Crippen LogP contribution in [0.1, 0.15) is 160 Å². The van der Waals surface area contributed by atoms with E-state index in [2.05, 4.69) is 95.8 Å². The number of carboxylic acid groups (broad SMARTS) is 1. The number of carbonyl (C=O) groups is 4. The third-order valence-electron chi connectivity index (χ3n) is 18.8. The van der Waals surface area contributed by atoms with Crippen molar-refractivity contribution in [2.45, 2.75) is 229 Å². The summed E-state index contributed by atoms with van der Waals surface area (Å²) in [6, 6.07) is 39.3. The zero-order valence-corrected chi connectivity index (χ0v) is 72.4. The van der Waals surface area contributed by atoms with Gasteiger partial charge in [-0.2, -0.15) is 0 Å². The van der Waals surface area contributed by atoms with Gasteiger partial charge in [-0.05, 0) is 183 Å². The molecule has 22 nitrogen and oxygen atoms in total. The molecule has 8 aromatic rings. The average molecular weight is 1650 g/mol. The fourth-order valence-electron chi connectivity index (χ4n) is 13.9. The molecule has 8 atom stereocenters. The van der Waals surface area contributed by atoms with E-state index in [0.29, 0.717) is 58.2 Å². The third-order valence-corrected chi connectivity index (χ3v) is 24.0. The molecule has 6 aromatic carbocycles. The van der Waals surface area contributed by atoms with E-state index in [1.54, 1.807) is 132 Å². The highest BCUT2D eigenvalue weighted by Gasteiger charge is 2.58. The molecular formula is C88H116F2N4O18P2Si. The summed E-state index contributed by atoms with van der Waals surface area (Å²) in [6.07, 6.45) is 2.24. The first-order valence-corrected chi connectivity index (χ1v) is 46.4. The fraction of sp³-hybridized carbons (Fsp3) is 0.455. The first kappa shape index (κ1) is 91.8. The predicted molar refractivity (Wildman–Crippen MR) is 450 cm³/mol. The second kappa shape index (κ2) is 39.5. The number of hydrogen-bond acceptors (Lipinski definition) is 17. The van der Waals surface area contributed by atoms with Crippen molar-refractivity contribution in [2.75, 3.05) is 19.3 Å². The molecule has 5 N–H and O–H groups in total. The number of ether oxygens (including phenoxy) is 7. The van der Waals surface area contributed by atoms with Gasteiger partial charge < -0.3 is 66.7 Å². The van der Waals surface area contributed by atoms with Crippen LogP contribution in [-0.2, 0) is 52.0 Å². The fourth-order valence-corrected chi connectivity index (χ4v) is 17.9. The van der Waals surface area contributed by atoms with Gasteiger partial charge in [0.25, 0.3) is 0 Å². The van der Waals surface area contributed by atoms with Crippen molar-refractivity contribution in [1.82, 2.24) is 19.3 Å². The number of hydrogen-bond donors (Lipinski definition) is 5. The number of para-hydroxylation sites is 2. The van der Waals surface area contributed by atoms with Crippen molar-refractivity contribution in [3.8, 4) is 45.3 Å². The van der Waals surface area contributed by atoms with Crippen molar-refractivity contribution in [2.24, 2.45) is 10.8 Å². The summed E-state index contributed by atoms with van der Waals surface area (Å²) in [7, 11) is -9.16. The quantitative estimate of drug-likeness (QED) is 0.0107. The molecule has 624 valence electrons. The summed E-state index contributed by atoms with van der Waals surface area (Å²) >= 11 is 0. The molecule has 0 amide bonds. The van der Waals surface area contributed by atoms with Gasteiger partial charge in [0.15, 0.2) is 18.5 Å². The molecule has 3 heterocycles. The van der Waals surface area contributed by atoms with Crippen LogP contribution in [0, 0.1) is 22.5 Å². The Morgan fingerprint density at radius 2 is 1.03 bits per heavy atom. The molecule has 9 rings (SSSR count). The van der Waals surface area contributed by atoms with Crippen LogP contribution < -0.4 is 28.7 Å². The average Bonchev–Trinajstić information content (AvgIpc) is 1.69. The van der Waals surface area contributed by atoms with E-state index in [1.165, 1.54) is 37.3 Å². The van der Waals surface area contributed by atoms with Crippen LogP contribution in [0.25, 0.3) is 56.2 Å². The Morgan fingerprint density at radius 3 is 1.42 bits per heavy atom. The van der Waals surface area contributed by atoms with Gasteiger partial charge in [-0.15, -0.1) is 0 Å². The highest BCUT2D eigenvalue weighted by molar-refractivity contribution is 7.57. The normalized spacial score (nSPS) is 16.9. The molecule has 115 heavy (non-hydrogen) atoms. The predicted octanol–water partition coefficient (Wildman–Crippen LogP) is 20.0. The monoisotopic (exact) mass is 1640 g/mol. The molecular weight excluding hydrogens is 1530 g/mol. The summed E-state index contributed by atoms with van der Waals surface area (Å²) in [5.74, 6) is -3.08. The molecule has 0 aliphatic carbocycles. The first-order chi connectivity index (χ1) is 53.9. The zero-order chi connectivity index (χ0) is 84.7. The number of rotatable bonds is 35. The molecule has 0 spiro atoms. The number of aromatic nitrogens is 2. The lowest BCUT2D eigenvalue weighted by molar-refractivity contribution is -0.389. The van der Waals surface area contributed by atoms with Gasteiger partial charge in [0.2, 0.25) is 0 Å². The van der Waals surface area contributed by atoms with E-state index < -0.39 is 119 Å². The minimum atomic E-state index is -3.89. The Morgan fingerprint density at radius 1 is 0.600 bits per heavy atom. The maximum absolute atomic E-state index is 14.5. The van der Waals surface area contributed by atoms with Gasteiger partial charge in [0, 0.05) is 88.1 Å². The topological polar surface area (TPSA) is 280 Å². The van der Waals surface area contributed by atoms with E-state index in [-0.39, 0.29) is 48.9 Å². The highest BCUT2D eigenvalue weighted by atomic mass is 31.2. The van der Waals surface area contributed by atoms with E-state index in [9.17, 15) is 47.3 Å². The Hall–Kier alpha value is -8.74. The Balaban J connectivity index is 0.000000298. The molecule has 27 heteroatoms. The van der Waals surface area contributed by atoms with Crippen LogP contribution in [0.15, 0.2) is 158 Å². The largest absolute Gasteiger partial charge is 0.481 e. The first-order valence-electron chi connectivity index (χ1n) is 39.1. The smallest absolute Gasteiger partial charge is 0.354 e. The second-order valence-corrected chi connectivity index (χ2v) is 43.2. The molecule has 2 unspecified atom stereocenters. The molecule has 0 saturated carbocycles. The van der Waals surface area contributed by atoms with Gasteiger partial charge in [-0.25, -0.2) is 19.0 Å². The molecule has 1 fully saturated rings. The van der Waals surface area contributed by atoms with Crippen LogP contribution >= 0.6 is 15.0 Å². The van der Waals surface area contributed by atoms with E-state index in [1.807, 2.05) is 54.8 Å². The standard InChI is InChI=1S/C51H72FN2O9PSi.C37H44FN2O9P/c1-34(2)54-44-26-24-40(59-33-64(57,63-39-18-16-15-17-19-39)53-36(5)48(56)60-35(3)4)31-43(44)47(37-20-22-38(52)23-21-37)45(54)27-25-41-30-42(32-46(55)58-28-29-65(12,13)14)62-51(61-41,49(6,7)8)50(9,10)11;1-23(2)40-33-18-16-31(47-22-50(46,49-30-9-7-6-8-10-30)39-25(5)37(45)48-24(3)4)21-32(33)36(26-11-13-27(38)14-12-26)34(40)17-15-28(41)19-29(42)20-35(43)44/h15-27,31,34-36,41-42H,28-30,32-33H2,1-14H3,(H,53,57);6-18,21,23-25,28-29,41-42H,19-20,22H2,1-5H3,(H,39,46)(H,43,44)/b27-25+;17-15+/t36-,41+,42+,64?;25-,28+,29+,50?/m00/s1. The number of esters is 3. The Labute approximate surface area is 676 Å². The Kier molecular flexibility index (Phi) is 31.5. The van der Waals surface area contributed by atoms with Crippen molar-refractivity contribution >= 4 is 80.9 Å². The van der Waals surface area contributed by atoms with Crippen LogP contribution in [0.2, 0.25) is 25.7 Å². The maximum atomic E-state index is 14.5. The number of nitrogens with zero attached hydrogens (tertiary/aromatic N) is 2. The lowest BCUT2D eigenvalue weighted by Gasteiger charge is -2.57. The van der Waals surface area contributed by atoms with Crippen LogP contribution in [0.4, 0.5) is 8.78 Å². The highest BCUT2D eigenvalue weighted by Crippen LogP contribution is 2.53. The summed E-state index contributed by atoms with van der Waals surface area (Å²) in [4.78, 5) is 49.7. The second-order valence-electron chi connectivity index (χ2n) is 33.5. The van der Waals surface area contributed by atoms with E-state index in [0.717, 1.165) is 39.3 Å². The maximum Gasteiger partial charge on any atom is 0.354 e. The summed E-state index contributed by atoms with van der Waals surface area (Å²) in [6.45, 7) is 37.9. The number of halogens is 2. The van der Waals surface area contributed by atoms with E-state index in [4.69, 9.17) is 47.3 Å². The van der Waals surface area contributed by atoms with Crippen molar-refractivity contribution in [3.63, 3.8) is 0 Å². The summed E-state index contributed by atoms with van der Waals surface area (Å²) < 4.78 is 116. The van der Waals surface area contributed by atoms with Crippen LogP contribution in [0.3, 0.4) is 0 Å². The van der Waals surface area contributed by atoms with Gasteiger partial charge in [0.05, 0.1) is 56.1 Å². The number of carbonyl (C=O) groups excluding carboxylic acids is 3. The number of aliphatic hydroxyl groups is 2. The molecule has 1 aliphatic heterocycles. The minimum Gasteiger partial charge on any atom is -0.481 e. The van der Waals surface area contributed by atoms with Gasteiger partial charge in [-0.3, -0.25) is 28.3 Å². The van der Waals surface area contributed by atoms with Gasteiger partial charge >= 0.3 is 38.9 Å². The van der Waals surface area contributed by atoms with Crippen LogP contribution in [0.5, 0.6) is 23.0 Å². The third kappa shape index (κ3) is 25.4. The lowest BCUT2D eigenvalue weighted by atomic mass is 9.69. The van der Waals surface area contributed by atoms with E-state index >= 15 is 0 Å². The number of benzene rings is 6. The summed E-state index contributed by atoms with van der Waals surface area (Å²) in [5, 5.41) is 36.8. The lowest BCUT2D eigenvalue weighted by Crippen LogP contribution is -2.63. The zero-order valence-electron chi connectivity index (χ0n) is 69.6. The van der Waals surface area contributed by atoms with Crippen LogP contribution in [-0.4, -0.2) is 130 Å². The summed E-state index contributed by atoms with van der Waals surface area (Å²) in [5.41, 5.74) is 5.20. The molecule has 0 radical (unpaired) electrons. The molecule has 0 bridgehead atoms. The molecule has 1 aliphatic rings. The number of aliphatic carboxylic acids is 1. The van der Waals surface area contributed by atoms with Gasteiger partial charge in [-0.1, -0.05) is 134 Å². The number of carboxylic acids is 1. The SMILES string of the molecule is CC(C)OC(=O)[C@H](C)NP(=O)(COc1ccc2c(c1)c(-c1ccc(F)cc1)c(/C=C/[C@@H](O)C[C@@H](O)CC(=O)O)n2C(C)C)Oc1ccccc1.CC(C)OC(=O)[C@H](C)NP(=O)(COc1ccc2c(c1)c(-c1ccc(F)cc1)c(/C=C/[C@@H]1C[C@H](CC(=O)OCC[Si](C)(C)C)OC(C(C)(C)C)(C(C)(C)C)O1)n2C(C)C)Oc1ccccc1. The van der Waals surface area contributed by atoms with Crippen molar-refractivity contribution < 1.29 is 94.6 Å².